The lowest BCUT2D eigenvalue weighted by Crippen LogP contribution is -2.38. The van der Waals surface area contributed by atoms with Crippen LogP contribution in [0.15, 0.2) is 18.7 Å². The van der Waals surface area contributed by atoms with Gasteiger partial charge in [-0.25, -0.2) is 9.97 Å². The van der Waals surface area contributed by atoms with E-state index in [0.29, 0.717) is 6.61 Å². The van der Waals surface area contributed by atoms with Gasteiger partial charge in [0.05, 0.1) is 12.1 Å². The second kappa shape index (κ2) is 7.27. The average molecular weight is 224 g/mol. The minimum atomic E-state index is -0.0545. The van der Waals surface area contributed by atoms with Crippen LogP contribution in [0.2, 0.25) is 0 Å². The van der Waals surface area contributed by atoms with Crippen LogP contribution >= 0.6 is 0 Å². The fourth-order valence-corrected chi connectivity index (χ4v) is 1.73. The third-order valence-corrected chi connectivity index (χ3v) is 2.44. The van der Waals surface area contributed by atoms with Gasteiger partial charge < -0.3 is 4.74 Å². The molecule has 0 saturated heterocycles. The summed E-state index contributed by atoms with van der Waals surface area (Å²) in [5, 5.41) is 0. The topological polar surface area (TPSA) is 73.1 Å². The van der Waals surface area contributed by atoms with Crippen LogP contribution < -0.4 is 11.3 Å². The summed E-state index contributed by atoms with van der Waals surface area (Å²) in [6.45, 7) is 4.79. The van der Waals surface area contributed by atoms with Crippen molar-refractivity contribution >= 4 is 0 Å². The van der Waals surface area contributed by atoms with Crippen molar-refractivity contribution in [3.05, 3.63) is 24.3 Å². The Bertz CT molecular complexity index is 275. The predicted octanol–water partition coefficient (Wildman–Crippen LogP) is 1.19. The molecule has 5 nitrogen and oxygen atoms in total. The lowest BCUT2D eigenvalue weighted by molar-refractivity contribution is 0.0274. The van der Waals surface area contributed by atoms with E-state index >= 15 is 0 Å². The van der Waals surface area contributed by atoms with Crippen molar-refractivity contribution in [1.29, 1.82) is 0 Å². The first-order chi connectivity index (χ1) is 7.83. The largest absolute Gasteiger partial charge is 0.376 e. The van der Waals surface area contributed by atoms with Gasteiger partial charge in [-0.05, 0) is 13.3 Å². The number of nitrogens with one attached hydrogen (secondary N) is 1. The maximum absolute atomic E-state index is 5.69. The van der Waals surface area contributed by atoms with Crippen LogP contribution in [-0.4, -0.2) is 22.7 Å². The van der Waals surface area contributed by atoms with Crippen molar-refractivity contribution in [2.45, 2.75) is 38.8 Å². The molecular weight excluding hydrogens is 204 g/mol. The molecule has 0 bridgehead atoms. The van der Waals surface area contributed by atoms with Gasteiger partial charge >= 0.3 is 0 Å². The maximum atomic E-state index is 5.69. The molecule has 0 spiro atoms. The number of aromatic nitrogens is 2. The Morgan fingerprint density at radius 2 is 2.06 bits per heavy atom. The Labute approximate surface area is 96.4 Å². The normalized spacial score (nSPS) is 14.7. The second-order valence-corrected chi connectivity index (χ2v) is 3.60. The highest BCUT2D eigenvalue weighted by Gasteiger charge is 2.22. The summed E-state index contributed by atoms with van der Waals surface area (Å²) in [5.41, 5.74) is 3.74. The van der Waals surface area contributed by atoms with Gasteiger partial charge in [0.1, 0.15) is 6.33 Å². The highest BCUT2D eigenvalue weighted by atomic mass is 16.5. The molecule has 0 aliphatic heterocycles. The van der Waals surface area contributed by atoms with Crippen LogP contribution in [0, 0.1) is 0 Å². The second-order valence-electron chi connectivity index (χ2n) is 3.60. The number of hydrogen-bond donors (Lipinski definition) is 2. The van der Waals surface area contributed by atoms with E-state index in [-0.39, 0.29) is 12.1 Å². The molecule has 0 saturated carbocycles. The summed E-state index contributed by atoms with van der Waals surface area (Å²) < 4.78 is 5.69. The van der Waals surface area contributed by atoms with Crippen molar-refractivity contribution in [2.24, 2.45) is 5.84 Å². The quantitative estimate of drug-likeness (QED) is 0.537. The fourth-order valence-electron chi connectivity index (χ4n) is 1.73. The molecule has 0 fully saturated rings. The molecule has 0 aliphatic carbocycles. The van der Waals surface area contributed by atoms with Crippen LogP contribution in [-0.2, 0) is 4.74 Å². The van der Waals surface area contributed by atoms with Crippen molar-refractivity contribution in [1.82, 2.24) is 15.4 Å². The molecule has 2 atom stereocenters. The van der Waals surface area contributed by atoms with Crippen molar-refractivity contribution in [2.75, 3.05) is 6.61 Å². The molecule has 1 rings (SSSR count). The van der Waals surface area contributed by atoms with Gasteiger partial charge in [0, 0.05) is 24.6 Å². The molecule has 16 heavy (non-hydrogen) atoms. The summed E-state index contributed by atoms with van der Waals surface area (Å²) in [6, 6.07) is -0.0545. The smallest absolute Gasteiger partial charge is 0.115 e. The summed E-state index contributed by atoms with van der Waals surface area (Å²) in [4.78, 5) is 7.99. The first-order valence-electron chi connectivity index (χ1n) is 5.66. The summed E-state index contributed by atoms with van der Waals surface area (Å²) in [5.74, 6) is 5.58. The summed E-state index contributed by atoms with van der Waals surface area (Å²) in [6.07, 6.45) is 7.10. The highest BCUT2D eigenvalue weighted by Crippen LogP contribution is 2.20. The van der Waals surface area contributed by atoms with Crippen LogP contribution in [0.4, 0.5) is 0 Å². The molecule has 90 valence electrons. The highest BCUT2D eigenvalue weighted by molar-refractivity contribution is 5.10. The first-order valence-corrected chi connectivity index (χ1v) is 5.66. The van der Waals surface area contributed by atoms with Crippen molar-refractivity contribution in [3.8, 4) is 0 Å². The van der Waals surface area contributed by atoms with Crippen LogP contribution in [0.5, 0.6) is 0 Å². The monoisotopic (exact) mass is 224 g/mol. The molecule has 0 aliphatic rings. The molecule has 5 heteroatoms. The van der Waals surface area contributed by atoms with Gasteiger partial charge in [-0.3, -0.25) is 11.3 Å². The van der Waals surface area contributed by atoms with Gasteiger partial charge in [-0.1, -0.05) is 13.3 Å². The van der Waals surface area contributed by atoms with Crippen molar-refractivity contribution < 1.29 is 4.74 Å². The SMILES string of the molecule is CCCC(OCC)C(NN)c1cncnc1. The molecule has 2 unspecified atom stereocenters. The fraction of sp³-hybridized carbons (Fsp3) is 0.636. The molecule has 1 aromatic heterocycles. The zero-order valence-electron chi connectivity index (χ0n) is 9.89. The maximum Gasteiger partial charge on any atom is 0.115 e. The summed E-state index contributed by atoms with van der Waals surface area (Å²) >= 11 is 0. The van der Waals surface area contributed by atoms with Crippen molar-refractivity contribution in [3.63, 3.8) is 0 Å². The van der Waals surface area contributed by atoms with E-state index in [0.717, 1.165) is 18.4 Å². The van der Waals surface area contributed by atoms with E-state index in [1.54, 1.807) is 12.4 Å². The molecule has 0 aromatic carbocycles. The number of hydrazine groups is 1. The zero-order chi connectivity index (χ0) is 11.8. The average Bonchev–Trinajstić information content (AvgIpc) is 2.32. The minimum Gasteiger partial charge on any atom is -0.376 e. The van der Waals surface area contributed by atoms with E-state index in [1.807, 2.05) is 6.92 Å². The molecule has 0 amide bonds. The Morgan fingerprint density at radius 3 is 2.56 bits per heavy atom. The van der Waals surface area contributed by atoms with Gasteiger partial charge in [-0.2, -0.15) is 0 Å². The van der Waals surface area contributed by atoms with E-state index in [4.69, 9.17) is 10.6 Å². The third-order valence-electron chi connectivity index (χ3n) is 2.44. The molecule has 1 aromatic rings. The van der Waals surface area contributed by atoms with E-state index < -0.39 is 0 Å². The molecule has 1 heterocycles. The third kappa shape index (κ3) is 3.52. The Kier molecular flexibility index (Phi) is 5.92. The van der Waals surface area contributed by atoms with E-state index in [9.17, 15) is 0 Å². The van der Waals surface area contributed by atoms with Gasteiger partial charge in [0.25, 0.3) is 0 Å². The number of nitrogens with zero attached hydrogens (tertiary/aromatic N) is 2. The van der Waals surface area contributed by atoms with Crippen LogP contribution in [0.25, 0.3) is 0 Å². The lowest BCUT2D eigenvalue weighted by Gasteiger charge is -2.25. The van der Waals surface area contributed by atoms with Crippen LogP contribution in [0.1, 0.15) is 38.3 Å². The Hall–Kier alpha value is -1.04. The lowest BCUT2D eigenvalue weighted by atomic mass is 10.0. The number of nitrogens with two attached hydrogens (primary N) is 1. The number of rotatable bonds is 7. The van der Waals surface area contributed by atoms with E-state index in [2.05, 4.69) is 22.3 Å². The van der Waals surface area contributed by atoms with Gasteiger partial charge in [-0.15, -0.1) is 0 Å². The van der Waals surface area contributed by atoms with Gasteiger partial charge in [0.2, 0.25) is 0 Å². The van der Waals surface area contributed by atoms with Gasteiger partial charge in [0.15, 0.2) is 0 Å². The predicted molar refractivity (Wildman–Crippen MR) is 62.4 cm³/mol. The molecule has 3 N–H and O–H groups in total. The minimum absolute atomic E-state index is 0.0545. The number of hydrogen-bond acceptors (Lipinski definition) is 5. The zero-order valence-corrected chi connectivity index (χ0v) is 9.89. The summed E-state index contributed by atoms with van der Waals surface area (Å²) in [7, 11) is 0. The number of ether oxygens (including phenoxy) is 1. The van der Waals surface area contributed by atoms with Crippen LogP contribution in [0.3, 0.4) is 0 Å². The first kappa shape index (κ1) is 13.0. The standard InChI is InChI=1S/C11H20N4O/c1-3-5-10(16-4-2)11(15-12)9-6-13-8-14-7-9/h6-8,10-11,15H,3-5,12H2,1-2H3. The molecular formula is C11H20N4O. The van der Waals surface area contributed by atoms with E-state index in [1.165, 1.54) is 6.33 Å². The molecule has 0 radical (unpaired) electrons. The Morgan fingerprint density at radius 1 is 1.38 bits per heavy atom. The Balaban J connectivity index is 2.77.